The van der Waals surface area contributed by atoms with Gasteiger partial charge in [0.2, 0.25) is 11.8 Å². The molecule has 0 unspecified atom stereocenters. The zero-order chi connectivity index (χ0) is 12.8. The Morgan fingerprint density at radius 2 is 2.24 bits per heavy atom. The van der Waals surface area contributed by atoms with Gasteiger partial charge in [0.25, 0.3) is 0 Å². The van der Waals surface area contributed by atoms with Crippen LogP contribution in [0.25, 0.3) is 0 Å². The molecule has 0 spiro atoms. The summed E-state index contributed by atoms with van der Waals surface area (Å²) in [6.45, 7) is 2.18. The van der Waals surface area contributed by atoms with Gasteiger partial charge in [-0.1, -0.05) is 0 Å². The lowest BCUT2D eigenvalue weighted by molar-refractivity contribution is -0.138. The highest BCUT2D eigenvalue weighted by Crippen LogP contribution is 2.04. The second-order valence-electron chi connectivity index (χ2n) is 3.85. The van der Waals surface area contributed by atoms with E-state index in [2.05, 4.69) is 4.98 Å². The summed E-state index contributed by atoms with van der Waals surface area (Å²) in [7, 11) is 1.64. The fourth-order valence-corrected chi connectivity index (χ4v) is 1.34. The van der Waals surface area contributed by atoms with Crippen LogP contribution >= 0.6 is 0 Å². The number of carbonyl (C=O) groups excluding carboxylic acids is 1. The molecule has 0 aliphatic heterocycles. The monoisotopic (exact) mass is 240 g/mol. The molecule has 1 heterocycles. The quantitative estimate of drug-likeness (QED) is 0.796. The summed E-state index contributed by atoms with van der Waals surface area (Å²) >= 11 is 0. The highest BCUT2D eigenvalue weighted by atomic mass is 16.4. The minimum Gasteiger partial charge on any atom is -0.481 e. The van der Waals surface area contributed by atoms with Crippen molar-refractivity contribution in [2.24, 2.45) is 0 Å². The number of nitrogens with zero attached hydrogens (tertiary/aromatic N) is 2. The van der Waals surface area contributed by atoms with Gasteiger partial charge >= 0.3 is 5.97 Å². The molecule has 6 nitrogen and oxygen atoms in total. The van der Waals surface area contributed by atoms with E-state index in [-0.39, 0.29) is 18.7 Å². The standard InChI is InChI=1S/C11H16N2O4/c1-8-7-12-9(17-8)6-10(14)13(2)5-3-4-11(15)16/h7H,3-6H2,1-2H3,(H,15,16). The van der Waals surface area contributed by atoms with Gasteiger partial charge in [0.1, 0.15) is 12.2 Å². The molecule has 0 aromatic carbocycles. The molecule has 1 aromatic heterocycles. The number of hydrogen-bond donors (Lipinski definition) is 1. The van der Waals surface area contributed by atoms with Crippen LogP contribution in [0.5, 0.6) is 0 Å². The van der Waals surface area contributed by atoms with E-state index in [1.54, 1.807) is 20.2 Å². The van der Waals surface area contributed by atoms with E-state index in [1.807, 2.05) is 0 Å². The van der Waals surface area contributed by atoms with Crippen LogP contribution in [0.2, 0.25) is 0 Å². The molecule has 1 rings (SSSR count). The molecule has 0 atom stereocenters. The van der Waals surface area contributed by atoms with E-state index in [0.717, 1.165) is 0 Å². The summed E-state index contributed by atoms with van der Waals surface area (Å²) in [6, 6.07) is 0. The maximum atomic E-state index is 11.7. The van der Waals surface area contributed by atoms with Gasteiger partial charge in [-0.25, -0.2) is 4.98 Å². The number of carbonyl (C=O) groups is 2. The maximum Gasteiger partial charge on any atom is 0.303 e. The Morgan fingerprint density at radius 3 is 2.76 bits per heavy atom. The predicted molar refractivity (Wildman–Crippen MR) is 59.5 cm³/mol. The van der Waals surface area contributed by atoms with E-state index in [4.69, 9.17) is 9.52 Å². The number of likely N-dealkylation sites (N-methyl/N-ethyl adjacent to an activating group) is 1. The molecule has 1 amide bonds. The van der Waals surface area contributed by atoms with Crippen LogP contribution in [0.3, 0.4) is 0 Å². The SMILES string of the molecule is Cc1cnc(CC(=O)N(C)CCCC(=O)O)o1. The second-order valence-corrected chi connectivity index (χ2v) is 3.85. The van der Waals surface area contributed by atoms with E-state index in [1.165, 1.54) is 4.90 Å². The van der Waals surface area contributed by atoms with Gasteiger partial charge in [0, 0.05) is 20.0 Å². The molecule has 0 saturated heterocycles. The number of aliphatic carboxylic acids is 1. The largest absolute Gasteiger partial charge is 0.481 e. The van der Waals surface area contributed by atoms with Gasteiger partial charge in [0.15, 0.2) is 0 Å². The lowest BCUT2D eigenvalue weighted by Gasteiger charge is -2.15. The zero-order valence-corrected chi connectivity index (χ0v) is 9.97. The first-order valence-electron chi connectivity index (χ1n) is 5.36. The maximum absolute atomic E-state index is 11.7. The van der Waals surface area contributed by atoms with Crippen molar-refractivity contribution < 1.29 is 19.1 Å². The summed E-state index contributed by atoms with van der Waals surface area (Å²) in [5.41, 5.74) is 0. The molecule has 1 aromatic rings. The van der Waals surface area contributed by atoms with Gasteiger partial charge in [-0.15, -0.1) is 0 Å². The highest BCUT2D eigenvalue weighted by molar-refractivity contribution is 5.77. The Balaban J connectivity index is 2.34. The van der Waals surface area contributed by atoms with Crippen molar-refractivity contribution in [1.82, 2.24) is 9.88 Å². The number of carboxylic acid groups (broad SMARTS) is 1. The first-order chi connectivity index (χ1) is 7.99. The summed E-state index contributed by atoms with van der Waals surface area (Å²) in [4.78, 5) is 27.4. The lowest BCUT2D eigenvalue weighted by atomic mass is 10.3. The Bertz CT molecular complexity index is 400. The van der Waals surface area contributed by atoms with Crippen LogP contribution in [0, 0.1) is 6.92 Å². The lowest BCUT2D eigenvalue weighted by Crippen LogP contribution is -2.29. The van der Waals surface area contributed by atoms with Crippen molar-refractivity contribution in [3.63, 3.8) is 0 Å². The average Bonchev–Trinajstić information content (AvgIpc) is 2.63. The fraction of sp³-hybridized carbons (Fsp3) is 0.545. The van der Waals surface area contributed by atoms with Gasteiger partial charge in [-0.05, 0) is 13.3 Å². The average molecular weight is 240 g/mol. The van der Waals surface area contributed by atoms with Gasteiger partial charge in [-0.3, -0.25) is 9.59 Å². The summed E-state index contributed by atoms with van der Waals surface area (Å²) in [5.74, 6) is 0.0744. The van der Waals surface area contributed by atoms with Crippen molar-refractivity contribution in [2.45, 2.75) is 26.2 Å². The molecule has 0 aliphatic rings. The molecule has 0 aliphatic carbocycles. The minimum absolute atomic E-state index is 0.0652. The van der Waals surface area contributed by atoms with Gasteiger partial charge in [0.05, 0.1) is 6.20 Å². The summed E-state index contributed by atoms with van der Waals surface area (Å²) in [6.07, 6.45) is 2.18. The Labute approximate surface area is 99.2 Å². The Kier molecular flexibility index (Phi) is 4.68. The first-order valence-corrected chi connectivity index (χ1v) is 5.36. The molecular formula is C11H16N2O4. The van der Waals surface area contributed by atoms with Crippen molar-refractivity contribution in [3.8, 4) is 0 Å². The van der Waals surface area contributed by atoms with Crippen LogP contribution < -0.4 is 0 Å². The molecule has 6 heteroatoms. The van der Waals surface area contributed by atoms with Crippen molar-refractivity contribution in [2.75, 3.05) is 13.6 Å². The molecule has 17 heavy (non-hydrogen) atoms. The second kappa shape index (κ2) is 6.03. The molecule has 94 valence electrons. The van der Waals surface area contributed by atoms with Gasteiger partial charge in [-0.2, -0.15) is 0 Å². The zero-order valence-electron chi connectivity index (χ0n) is 9.97. The van der Waals surface area contributed by atoms with Crippen LogP contribution in [0.4, 0.5) is 0 Å². The Morgan fingerprint density at radius 1 is 1.53 bits per heavy atom. The number of carboxylic acids is 1. The van der Waals surface area contributed by atoms with Crippen LogP contribution in [0.1, 0.15) is 24.5 Å². The third kappa shape index (κ3) is 4.67. The molecule has 0 fully saturated rings. The van der Waals surface area contributed by atoms with E-state index in [0.29, 0.717) is 24.6 Å². The van der Waals surface area contributed by atoms with E-state index < -0.39 is 5.97 Å². The number of aromatic nitrogens is 1. The van der Waals surface area contributed by atoms with E-state index in [9.17, 15) is 9.59 Å². The molecule has 0 bridgehead atoms. The predicted octanol–water partition coefficient (Wildman–Crippen LogP) is 0.849. The van der Waals surface area contributed by atoms with Crippen LogP contribution in [0.15, 0.2) is 10.6 Å². The smallest absolute Gasteiger partial charge is 0.303 e. The van der Waals surface area contributed by atoms with Crippen molar-refractivity contribution in [1.29, 1.82) is 0 Å². The van der Waals surface area contributed by atoms with E-state index >= 15 is 0 Å². The third-order valence-electron chi connectivity index (χ3n) is 2.28. The van der Waals surface area contributed by atoms with Gasteiger partial charge < -0.3 is 14.4 Å². The summed E-state index contributed by atoms with van der Waals surface area (Å²) in [5, 5.41) is 8.47. The fourth-order valence-electron chi connectivity index (χ4n) is 1.34. The van der Waals surface area contributed by atoms with Crippen LogP contribution in [-0.4, -0.2) is 40.5 Å². The number of aryl methyl sites for hydroxylation is 1. The van der Waals surface area contributed by atoms with Crippen LogP contribution in [-0.2, 0) is 16.0 Å². The number of oxazole rings is 1. The molecule has 1 N–H and O–H groups in total. The highest BCUT2D eigenvalue weighted by Gasteiger charge is 2.13. The molecule has 0 radical (unpaired) electrons. The number of amides is 1. The molecular weight excluding hydrogens is 224 g/mol. The summed E-state index contributed by atoms with van der Waals surface area (Å²) < 4.78 is 5.19. The number of hydrogen-bond acceptors (Lipinski definition) is 4. The Hall–Kier alpha value is -1.85. The molecule has 0 saturated carbocycles. The topological polar surface area (TPSA) is 83.6 Å². The first kappa shape index (κ1) is 13.2. The third-order valence-corrected chi connectivity index (χ3v) is 2.28. The normalized spacial score (nSPS) is 10.2. The van der Waals surface area contributed by atoms with Crippen molar-refractivity contribution in [3.05, 3.63) is 17.8 Å². The number of rotatable bonds is 6. The van der Waals surface area contributed by atoms with Crippen molar-refractivity contribution >= 4 is 11.9 Å². The minimum atomic E-state index is -0.853.